The zero-order valence-corrected chi connectivity index (χ0v) is 39.9. The highest BCUT2D eigenvalue weighted by molar-refractivity contribution is 5.95. The van der Waals surface area contributed by atoms with Crippen molar-refractivity contribution in [3.05, 3.63) is 159 Å². The van der Waals surface area contributed by atoms with Crippen molar-refractivity contribution >= 4 is 35.3 Å². The number of alkyl halides is 9. The first-order valence-corrected chi connectivity index (χ1v) is 21.9. The molecule has 3 aliphatic heterocycles. The highest BCUT2D eigenvalue weighted by Crippen LogP contribution is 2.45. The zero-order chi connectivity index (χ0) is 53.8. The predicted octanol–water partition coefficient (Wildman–Crippen LogP) is 9.84. The average Bonchev–Trinajstić information content (AvgIpc) is 3.89. The van der Waals surface area contributed by atoms with Crippen LogP contribution in [0.5, 0.6) is 0 Å². The zero-order valence-electron chi connectivity index (χ0n) is 39.9. The standard InChI is InChI=1S/C17H16F3N3O2.C16H15F3N4O.C16H14F3N3O2/c1-16(2)12-6-4-5-10(15(24)25-3)11(12)9-23(16)14-8-21-13(7-22-14)17(18,19)20;1-15(2)11-5-3-4-9(14(20)24)10(11)8-23(15)13-7-21-12(6-22-13)16(17,18)19;1-15(2)11-5-3-4-9(14(23)24)10(11)8-22(15)13-7-20-12(6-21-13)16(17,18)19/h4-8H,9H2,1-3H3;3-7H,8H2,1-2H3,(H2,20,24);3-7H,8H2,1-2H3,(H,23,24). The molecule has 6 heterocycles. The largest absolute Gasteiger partial charge is 0.478 e. The number of aromatic carboxylic acids is 1. The fourth-order valence-electron chi connectivity index (χ4n) is 9.15. The number of nitrogens with two attached hydrogens (primary N) is 1. The summed E-state index contributed by atoms with van der Waals surface area (Å²) in [5, 5.41) is 9.33. The molecule has 0 unspecified atom stereocenters. The molecule has 0 bridgehead atoms. The lowest BCUT2D eigenvalue weighted by molar-refractivity contribution is -0.142. The molecule has 3 aromatic carbocycles. The van der Waals surface area contributed by atoms with Crippen LogP contribution in [0.2, 0.25) is 0 Å². The van der Waals surface area contributed by atoms with Gasteiger partial charge in [0.1, 0.15) is 17.5 Å². The van der Waals surface area contributed by atoms with Crippen molar-refractivity contribution in [2.24, 2.45) is 5.73 Å². The lowest BCUT2D eigenvalue weighted by Gasteiger charge is -2.33. The van der Waals surface area contributed by atoms with E-state index in [0.29, 0.717) is 53.8 Å². The van der Waals surface area contributed by atoms with Crippen LogP contribution in [0.4, 0.5) is 57.0 Å². The van der Waals surface area contributed by atoms with E-state index < -0.39 is 70.1 Å². The number of carbonyl (C=O) groups excluding carboxylic acids is 2. The molecule has 9 rings (SSSR count). The van der Waals surface area contributed by atoms with Crippen LogP contribution in [0.15, 0.2) is 91.8 Å². The van der Waals surface area contributed by atoms with Crippen LogP contribution in [-0.2, 0) is 59.5 Å². The SMILES string of the molecule is CC1(C)c2cccc(C(=O)O)c2CN1c1cnc(C(F)(F)F)cn1.CC1(C)c2cccc(C(N)=O)c2CN1c1cnc(C(F)(F)F)cn1.COC(=O)c1cccc2c1CN(c1cnc(C(F)(F)F)cn1)C2(C)C. The van der Waals surface area contributed by atoms with Gasteiger partial charge in [0, 0.05) is 25.2 Å². The summed E-state index contributed by atoms with van der Waals surface area (Å²) in [6.07, 6.45) is -8.23. The molecule has 0 aliphatic carbocycles. The number of aromatic nitrogens is 6. The minimum atomic E-state index is -4.55. The minimum absolute atomic E-state index is 0.183. The molecule has 24 heteroatoms. The second-order valence-electron chi connectivity index (χ2n) is 18.4. The van der Waals surface area contributed by atoms with Gasteiger partial charge in [-0.3, -0.25) is 4.79 Å². The Bertz CT molecular complexity index is 2940. The first-order chi connectivity index (χ1) is 33.9. The van der Waals surface area contributed by atoms with E-state index in [1.165, 1.54) is 13.2 Å². The number of ether oxygens (including phenoxy) is 1. The summed E-state index contributed by atoms with van der Waals surface area (Å²) >= 11 is 0. The second-order valence-corrected chi connectivity index (χ2v) is 18.4. The summed E-state index contributed by atoms with van der Waals surface area (Å²) in [5.41, 5.74) is 6.34. The topological polar surface area (TPSA) is 194 Å². The van der Waals surface area contributed by atoms with Gasteiger partial charge in [0.15, 0.2) is 17.1 Å². The van der Waals surface area contributed by atoms with Crippen LogP contribution in [0.1, 0.15) is 123 Å². The van der Waals surface area contributed by atoms with Crippen LogP contribution < -0.4 is 20.4 Å². The van der Waals surface area contributed by atoms with Gasteiger partial charge in [0.2, 0.25) is 5.91 Å². The number of carboxylic acids is 1. The van der Waals surface area contributed by atoms with Crippen LogP contribution in [0.3, 0.4) is 0 Å². The molecule has 1 amide bonds. The first-order valence-electron chi connectivity index (χ1n) is 21.9. The van der Waals surface area contributed by atoms with E-state index in [0.717, 1.165) is 52.6 Å². The van der Waals surface area contributed by atoms with Crippen LogP contribution in [-0.4, -0.2) is 60.0 Å². The van der Waals surface area contributed by atoms with Gasteiger partial charge in [0.25, 0.3) is 0 Å². The molecule has 0 radical (unpaired) electrons. The third-order valence-electron chi connectivity index (χ3n) is 13.0. The molecule has 3 aliphatic rings. The molecule has 6 aromatic rings. The highest BCUT2D eigenvalue weighted by Gasteiger charge is 2.44. The number of esters is 1. The number of carboxylic acid groups (broad SMARTS) is 1. The Kier molecular flexibility index (Phi) is 13.7. The highest BCUT2D eigenvalue weighted by atomic mass is 19.4. The van der Waals surface area contributed by atoms with Crippen molar-refractivity contribution in [2.75, 3.05) is 21.8 Å². The number of fused-ring (bicyclic) bond motifs is 3. The number of anilines is 3. The van der Waals surface area contributed by atoms with Crippen molar-refractivity contribution < 1.29 is 63.7 Å². The molecular weight excluding hydrogens is 980 g/mol. The maximum atomic E-state index is 12.7. The monoisotopic (exact) mass is 1020 g/mol. The van der Waals surface area contributed by atoms with Crippen molar-refractivity contribution in [3.63, 3.8) is 0 Å². The predicted molar refractivity (Wildman–Crippen MR) is 245 cm³/mol. The average molecular weight is 1020 g/mol. The molecule has 3 N–H and O–H groups in total. The van der Waals surface area contributed by atoms with Crippen molar-refractivity contribution in [2.45, 2.75) is 96.3 Å². The number of nitrogens with zero attached hydrogens (tertiary/aromatic N) is 9. The number of benzene rings is 3. The van der Waals surface area contributed by atoms with Crippen molar-refractivity contribution in [1.29, 1.82) is 0 Å². The summed E-state index contributed by atoms with van der Waals surface area (Å²) in [6, 6.07) is 15.6. The van der Waals surface area contributed by atoms with Gasteiger partial charge in [-0.15, -0.1) is 0 Å². The number of carbonyl (C=O) groups is 3. The van der Waals surface area contributed by atoms with E-state index in [9.17, 15) is 59.0 Å². The number of methoxy groups -OCH3 is 1. The molecule has 0 spiro atoms. The normalized spacial score (nSPS) is 16.0. The summed E-state index contributed by atoms with van der Waals surface area (Å²) in [4.78, 5) is 62.5. The summed E-state index contributed by atoms with van der Waals surface area (Å²) in [7, 11) is 1.31. The summed E-state index contributed by atoms with van der Waals surface area (Å²) in [5.74, 6) is -1.15. The van der Waals surface area contributed by atoms with Crippen molar-refractivity contribution in [3.8, 4) is 0 Å². The Labute approximate surface area is 410 Å². The number of primary amides is 1. The Hall–Kier alpha value is -7.92. The van der Waals surface area contributed by atoms with E-state index in [4.69, 9.17) is 10.5 Å². The van der Waals surface area contributed by atoms with Gasteiger partial charge in [-0.05, 0) is 93.1 Å². The Morgan fingerprint density at radius 2 is 0.808 bits per heavy atom. The third kappa shape index (κ3) is 10.1. The second kappa shape index (κ2) is 18.9. The molecule has 73 heavy (non-hydrogen) atoms. The Morgan fingerprint density at radius 3 is 1.08 bits per heavy atom. The van der Waals surface area contributed by atoms with E-state index in [1.54, 1.807) is 40.1 Å². The quantitative estimate of drug-likeness (QED) is 0.118. The lowest BCUT2D eigenvalue weighted by atomic mass is 9.91. The molecule has 0 atom stereocenters. The number of hydrogen-bond acceptors (Lipinski definition) is 13. The maximum absolute atomic E-state index is 12.7. The Morgan fingerprint density at radius 1 is 0.507 bits per heavy atom. The van der Waals surface area contributed by atoms with Gasteiger partial charge in [-0.1, -0.05) is 36.4 Å². The molecule has 0 fully saturated rings. The van der Waals surface area contributed by atoms with Gasteiger partial charge in [-0.2, -0.15) is 39.5 Å². The molecule has 0 saturated carbocycles. The van der Waals surface area contributed by atoms with Crippen LogP contribution in [0, 0.1) is 0 Å². The summed E-state index contributed by atoms with van der Waals surface area (Å²) in [6.45, 7) is 12.3. The van der Waals surface area contributed by atoms with Crippen LogP contribution >= 0.6 is 0 Å². The lowest BCUT2D eigenvalue weighted by Crippen LogP contribution is -2.36. The number of halogens is 9. The molecule has 384 valence electrons. The van der Waals surface area contributed by atoms with Gasteiger partial charge >= 0.3 is 30.5 Å². The maximum Gasteiger partial charge on any atom is 0.434 e. The summed E-state index contributed by atoms with van der Waals surface area (Å²) < 4.78 is 119. The number of amides is 1. The smallest absolute Gasteiger partial charge is 0.434 e. The van der Waals surface area contributed by atoms with E-state index >= 15 is 0 Å². The van der Waals surface area contributed by atoms with Crippen molar-refractivity contribution in [1.82, 2.24) is 29.9 Å². The number of rotatable bonds is 6. The third-order valence-corrected chi connectivity index (χ3v) is 13.0. The van der Waals surface area contributed by atoms with Gasteiger partial charge in [-0.25, -0.2) is 39.5 Å². The van der Waals surface area contributed by atoms with E-state index in [2.05, 4.69) is 29.9 Å². The van der Waals surface area contributed by atoms with Gasteiger partial charge in [0.05, 0.1) is 72.0 Å². The molecule has 0 saturated heterocycles. The Balaban J connectivity index is 0.000000160. The molecule has 3 aromatic heterocycles. The molecular formula is C49H45F9N10O5. The first kappa shape index (κ1) is 52.9. The fraction of sp³-hybridized carbons (Fsp3) is 0.327. The minimum Gasteiger partial charge on any atom is -0.478 e. The van der Waals surface area contributed by atoms with Crippen LogP contribution in [0.25, 0.3) is 0 Å². The molecule has 15 nitrogen and oxygen atoms in total. The van der Waals surface area contributed by atoms with Gasteiger partial charge < -0.3 is 30.3 Å². The fourth-order valence-corrected chi connectivity index (χ4v) is 9.15. The van der Waals surface area contributed by atoms with E-state index in [1.807, 2.05) is 64.6 Å². The number of hydrogen-bond donors (Lipinski definition) is 2. The van der Waals surface area contributed by atoms with E-state index in [-0.39, 0.29) is 17.9 Å².